The molecule has 6 aromatic carbocycles. The zero-order valence-electron chi connectivity index (χ0n) is 42.1. The van der Waals surface area contributed by atoms with Gasteiger partial charge in [0.15, 0.2) is 0 Å². The number of fused-ring (bicyclic) bond motifs is 1. The van der Waals surface area contributed by atoms with E-state index in [1.54, 1.807) is 12.1 Å². The molecule has 320 valence electrons. The molecule has 2 aromatic heterocycles. The maximum Gasteiger partial charge on any atom is 0.149 e. The van der Waals surface area contributed by atoms with Gasteiger partial charge in [-0.15, -0.1) is 0 Å². The van der Waals surface area contributed by atoms with Crippen LogP contribution in [-0.4, -0.2) is 19.6 Å². The van der Waals surface area contributed by atoms with Crippen molar-refractivity contribution >= 4 is 11.0 Å². The predicted molar refractivity (Wildman–Crippen MR) is 267 cm³/mol. The number of hydrogen-bond acceptors (Lipinski definition) is 3. The fourth-order valence-electron chi connectivity index (χ4n) is 8.35. The third-order valence-electron chi connectivity index (χ3n) is 12.2. The van der Waals surface area contributed by atoms with Crippen molar-refractivity contribution in [1.29, 1.82) is 0 Å². The minimum absolute atomic E-state index is 0.161. The number of pyridine rings is 1. The Morgan fingerprint density at radius 3 is 1.76 bits per heavy atom. The Hall–Kier alpha value is -6.26. The van der Waals surface area contributed by atoms with Crippen LogP contribution in [0.5, 0.6) is 5.75 Å². The lowest BCUT2D eigenvalue weighted by Crippen LogP contribution is -2.17. The number of aromatic hydroxyl groups is 1. The van der Waals surface area contributed by atoms with Gasteiger partial charge in [0, 0.05) is 32.7 Å². The van der Waals surface area contributed by atoms with E-state index in [2.05, 4.69) is 185 Å². The van der Waals surface area contributed by atoms with E-state index in [1.165, 1.54) is 5.56 Å². The highest BCUT2D eigenvalue weighted by Crippen LogP contribution is 2.45. The van der Waals surface area contributed by atoms with E-state index < -0.39 is 6.85 Å². The monoisotopic (exact) mass is 833 g/mol. The summed E-state index contributed by atoms with van der Waals surface area (Å²) in [5, 5.41) is 12.5. The summed E-state index contributed by atoms with van der Waals surface area (Å²) in [5.41, 5.74) is 15.0. The third-order valence-corrected chi connectivity index (χ3v) is 12.2. The van der Waals surface area contributed by atoms with Gasteiger partial charge in [-0.05, 0) is 122 Å². The fourth-order valence-corrected chi connectivity index (χ4v) is 8.35. The molecule has 0 spiro atoms. The molecule has 0 saturated carbocycles. The summed E-state index contributed by atoms with van der Waals surface area (Å²) in [5.74, 6) is 0.905. The van der Waals surface area contributed by atoms with E-state index in [9.17, 15) is 5.11 Å². The topological polar surface area (TPSA) is 50.9 Å². The summed E-state index contributed by atoms with van der Waals surface area (Å²) in [6.07, 6.45) is 1.82. The fraction of sp³-hybridized carbons (Fsp3) is 0.288. The van der Waals surface area contributed by atoms with Crippen molar-refractivity contribution < 1.29 is 9.22 Å². The number of nitrogens with zero attached hydrogens (tertiary/aromatic N) is 3. The Balaban J connectivity index is 1.42. The molecule has 0 radical (unpaired) electrons. The van der Waals surface area contributed by atoms with E-state index in [4.69, 9.17) is 14.1 Å². The Kier molecular flexibility index (Phi) is 9.94. The Bertz CT molecular complexity index is 3090. The summed E-state index contributed by atoms with van der Waals surface area (Å²) in [6, 6.07) is 45.9. The zero-order chi connectivity index (χ0) is 47.7. The highest BCUT2D eigenvalue weighted by Gasteiger charge is 2.29. The lowest BCUT2D eigenvalue weighted by molar-refractivity contribution is 0.446. The second-order valence-electron chi connectivity index (χ2n) is 21.3. The molecular weight excluding hydrogens is 767 g/mol. The second-order valence-corrected chi connectivity index (χ2v) is 21.3. The van der Waals surface area contributed by atoms with Crippen LogP contribution in [0, 0.1) is 6.85 Å². The van der Waals surface area contributed by atoms with Crippen LogP contribution in [0.25, 0.3) is 72.7 Å². The minimum atomic E-state index is -2.17. The molecule has 4 nitrogen and oxygen atoms in total. The van der Waals surface area contributed by atoms with E-state index in [0.717, 1.165) is 78.0 Å². The maximum absolute atomic E-state index is 12.5. The molecule has 2 heterocycles. The van der Waals surface area contributed by atoms with E-state index in [0.29, 0.717) is 17.0 Å². The molecule has 0 atom stereocenters. The molecule has 0 aliphatic heterocycles. The Morgan fingerprint density at radius 2 is 1.11 bits per heavy atom. The van der Waals surface area contributed by atoms with Crippen LogP contribution in [-0.2, 0) is 21.7 Å². The number of aryl methyl sites for hydroxylation is 1. The number of hydrogen-bond donors (Lipinski definition) is 1. The van der Waals surface area contributed by atoms with Crippen molar-refractivity contribution in [3.05, 3.63) is 167 Å². The van der Waals surface area contributed by atoms with Crippen molar-refractivity contribution in [1.82, 2.24) is 14.5 Å². The molecule has 63 heavy (non-hydrogen) atoms. The van der Waals surface area contributed by atoms with Crippen molar-refractivity contribution in [2.75, 3.05) is 0 Å². The van der Waals surface area contributed by atoms with Crippen LogP contribution in [0.3, 0.4) is 0 Å². The van der Waals surface area contributed by atoms with Crippen LogP contribution in [0.2, 0.25) is 0 Å². The van der Waals surface area contributed by atoms with Crippen LogP contribution in [0.4, 0.5) is 0 Å². The second kappa shape index (κ2) is 15.8. The molecule has 0 bridgehead atoms. The van der Waals surface area contributed by atoms with Crippen LogP contribution >= 0.6 is 0 Å². The van der Waals surface area contributed by atoms with Gasteiger partial charge in [-0.2, -0.15) is 0 Å². The SMILES string of the molecule is [2H]C([2H])([2H])c1ccc(-c2ccnc(-c3cc(-c4cccc5c4nc(-c4cc(C(C)(C)C)cc(C(C)(C)C)c4O)n5-c4cc(-c5ccccc5)cc(C(C)(C)C)c4)cc(C(C)(C)C)c3)c2)cc1. The highest BCUT2D eigenvalue weighted by atomic mass is 16.3. The first-order valence-corrected chi connectivity index (χ1v) is 22.1. The van der Waals surface area contributed by atoms with Gasteiger partial charge in [-0.1, -0.05) is 174 Å². The highest BCUT2D eigenvalue weighted by molar-refractivity contribution is 5.97. The number of para-hydroxylation sites is 1. The van der Waals surface area contributed by atoms with Crippen LogP contribution in [0.1, 0.15) is 115 Å². The molecule has 0 aliphatic carbocycles. The number of aromatic nitrogens is 3. The molecule has 8 aromatic rings. The smallest absolute Gasteiger partial charge is 0.149 e. The molecule has 4 heteroatoms. The molecule has 0 amide bonds. The minimum Gasteiger partial charge on any atom is -0.507 e. The average Bonchev–Trinajstić information content (AvgIpc) is 3.64. The predicted octanol–water partition coefficient (Wildman–Crippen LogP) is 16.0. The normalized spacial score (nSPS) is 13.5. The lowest BCUT2D eigenvalue weighted by atomic mass is 9.79. The van der Waals surface area contributed by atoms with Crippen molar-refractivity contribution in [2.45, 2.75) is 112 Å². The number of phenols is 1. The number of rotatable bonds is 6. The zero-order valence-corrected chi connectivity index (χ0v) is 39.1. The summed E-state index contributed by atoms with van der Waals surface area (Å²) >= 11 is 0. The van der Waals surface area contributed by atoms with Gasteiger partial charge >= 0.3 is 0 Å². The first kappa shape index (κ1) is 39.6. The first-order valence-electron chi connectivity index (χ1n) is 23.6. The quantitative estimate of drug-likeness (QED) is 0.182. The molecular formula is C59H63N3O. The molecule has 0 saturated heterocycles. The molecule has 0 fully saturated rings. The van der Waals surface area contributed by atoms with Gasteiger partial charge in [-0.3, -0.25) is 9.55 Å². The summed E-state index contributed by atoms with van der Waals surface area (Å²) in [7, 11) is 0. The molecule has 0 aliphatic rings. The van der Waals surface area contributed by atoms with Crippen molar-refractivity contribution in [2.24, 2.45) is 0 Å². The number of benzene rings is 6. The van der Waals surface area contributed by atoms with Crippen molar-refractivity contribution in [3.63, 3.8) is 0 Å². The van der Waals surface area contributed by atoms with E-state index >= 15 is 0 Å². The van der Waals surface area contributed by atoms with Crippen molar-refractivity contribution in [3.8, 4) is 67.5 Å². The van der Waals surface area contributed by atoms with E-state index in [-0.39, 0.29) is 27.4 Å². The summed E-state index contributed by atoms with van der Waals surface area (Å²) in [4.78, 5) is 10.6. The van der Waals surface area contributed by atoms with Gasteiger partial charge in [-0.25, -0.2) is 4.98 Å². The van der Waals surface area contributed by atoms with Gasteiger partial charge in [0.05, 0.1) is 22.3 Å². The van der Waals surface area contributed by atoms with Gasteiger partial charge < -0.3 is 5.11 Å². The lowest BCUT2D eigenvalue weighted by Gasteiger charge is -2.28. The van der Waals surface area contributed by atoms with E-state index in [1.807, 2.05) is 30.5 Å². The number of phenolic OH excluding ortho intramolecular Hbond substituents is 1. The maximum atomic E-state index is 12.5. The van der Waals surface area contributed by atoms with Gasteiger partial charge in [0.2, 0.25) is 0 Å². The Labute approximate surface area is 380 Å². The Morgan fingerprint density at radius 1 is 0.492 bits per heavy atom. The van der Waals surface area contributed by atoms with Gasteiger partial charge in [0.25, 0.3) is 0 Å². The molecule has 8 rings (SSSR count). The number of imidazole rings is 1. The van der Waals surface area contributed by atoms with Crippen LogP contribution in [0.15, 0.2) is 140 Å². The standard InChI is InChI=1S/C59H63N3O/c1-37-22-24-39(25-23-37)40-26-27-60-51(33-40)43-28-42(30-44(31-43)56(2,3)4)48-20-17-21-52-53(48)61-55(49-35-46(58(8,9)10)36-50(54(49)63)59(11,12)13)62(52)47-32-41(38-18-15-14-16-19-38)29-45(34-47)57(5,6)7/h14-36,63H,1-13H3/i1D3. The molecule has 0 unspecified atom stereocenters. The molecule has 1 N–H and O–H groups in total. The van der Waals surface area contributed by atoms with Crippen LogP contribution < -0.4 is 0 Å². The first-order chi connectivity index (χ1) is 30.8. The van der Waals surface area contributed by atoms with Gasteiger partial charge in [0.1, 0.15) is 11.6 Å². The summed E-state index contributed by atoms with van der Waals surface area (Å²) in [6.45, 7) is 24.4. The third kappa shape index (κ3) is 8.74. The largest absolute Gasteiger partial charge is 0.507 e. The average molecular weight is 833 g/mol. The summed E-state index contributed by atoms with van der Waals surface area (Å²) < 4.78 is 25.8.